The lowest BCUT2D eigenvalue weighted by atomic mass is 9.87. The van der Waals surface area contributed by atoms with E-state index < -0.39 is 0 Å². The van der Waals surface area contributed by atoms with E-state index in [4.69, 9.17) is 9.47 Å². The Morgan fingerprint density at radius 1 is 1.42 bits per heavy atom. The Bertz CT molecular complexity index is 406. The molecule has 0 aliphatic heterocycles. The van der Waals surface area contributed by atoms with Crippen LogP contribution in [0.1, 0.15) is 43.9 Å². The van der Waals surface area contributed by atoms with Crippen molar-refractivity contribution in [2.24, 2.45) is 0 Å². The Kier molecular flexibility index (Phi) is 5.23. The van der Waals surface area contributed by atoms with Crippen molar-refractivity contribution >= 4 is 0 Å². The van der Waals surface area contributed by atoms with Gasteiger partial charge in [-0.2, -0.15) is 0 Å². The van der Waals surface area contributed by atoms with Gasteiger partial charge in [-0.25, -0.2) is 0 Å². The first-order valence-electron chi connectivity index (χ1n) is 7.26. The highest BCUT2D eigenvalue weighted by Crippen LogP contribution is 2.32. The number of nitrogens with one attached hydrogen (secondary N) is 1. The summed E-state index contributed by atoms with van der Waals surface area (Å²) in [6.45, 7) is 5.84. The number of rotatable bonds is 6. The van der Waals surface area contributed by atoms with Crippen molar-refractivity contribution in [1.29, 1.82) is 0 Å². The van der Waals surface area contributed by atoms with Crippen LogP contribution in [0.25, 0.3) is 0 Å². The van der Waals surface area contributed by atoms with Gasteiger partial charge in [0.25, 0.3) is 0 Å². The molecule has 1 N–H and O–H groups in total. The van der Waals surface area contributed by atoms with Gasteiger partial charge in [0, 0.05) is 13.2 Å². The van der Waals surface area contributed by atoms with Crippen LogP contribution in [-0.2, 0) is 11.2 Å². The van der Waals surface area contributed by atoms with Gasteiger partial charge in [-0.15, -0.1) is 0 Å². The average Bonchev–Trinajstić information content (AvgIpc) is 2.39. The minimum atomic E-state index is 0.0937. The van der Waals surface area contributed by atoms with Gasteiger partial charge in [0.2, 0.25) is 0 Å². The van der Waals surface area contributed by atoms with E-state index in [0.717, 1.165) is 18.7 Å². The lowest BCUT2D eigenvalue weighted by Crippen LogP contribution is -2.25. The van der Waals surface area contributed by atoms with E-state index in [1.165, 1.54) is 24.0 Å². The third kappa shape index (κ3) is 3.71. The van der Waals surface area contributed by atoms with Crippen molar-refractivity contribution < 1.29 is 9.47 Å². The quantitative estimate of drug-likeness (QED) is 0.855. The molecule has 0 heterocycles. The van der Waals surface area contributed by atoms with Crippen LogP contribution in [0.15, 0.2) is 18.2 Å². The second-order valence-electron chi connectivity index (χ2n) is 5.25. The summed E-state index contributed by atoms with van der Waals surface area (Å²) in [6, 6.07) is 7.02. The summed E-state index contributed by atoms with van der Waals surface area (Å²) in [6.07, 6.45) is 3.74. The Morgan fingerprint density at radius 3 is 3.00 bits per heavy atom. The lowest BCUT2D eigenvalue weighted by molar-refractivity contribution is 0.0920. The van der Waals surface area contributed by atoms with Gasteiger partial charge in [0.15, 0.2) is 0 Å². The van der Waals surface area contributed by atoms with Gasteiger partial charge in [0.1, 0.15) is 11.9 Å². The summed E-state index contributed by atoms with van der Waals surface area (Å²) >= 11 is 0. The third-order valence-electron chi connectivity index (χ3n) is 3.62. The van der Waals surface area contributed by atoms with Crippen LogP contribution < -0.4 is 10.1 Å². The highest BCUT2D eigenvalue weighted by Gasteiger charge is 2.19. The Balaban J connectivity index is 2.10. The molecule has 1 aliphatic rings. The number of aryl methyl sites for hydroxylation is 1. The van der Waals surface area contributed by atoms with Gasteiger partial charge in [-0.1, -0.05) is 13.0 Å². The molecule has 0 amide bonds. The molecule has 0 fully saturated rings. The van der Waals surface area contributed by atoms with Crippen LogP contribution in [-0.4, -0.2) is 26.4 Å². The average molecular weight is 263 g/mol. The summed E-state index contributed by atoms with van der Waals surface area (Å²) in [5.41, 5.74) is 2.87. The van der Waals surface area contributed by atoms with E-state index in [1.807, 2.05) is 6.92 Å². The molecule has 2 atom stereocenters. The van der Waals surface area contributed by atoms with Gasteiger partial charge >= 0.3 is 0 Å². The predicted molar refractivity (Wildman–Crippen MR) is 77.8 cm³/mol. The second-order valence-corrected chi connectivity index (χ2v) is 5.25. The van der Waals surface area contributed by atoms with E-state index >= 15 is 0 Å². The molecular weight excluding hydrogens is 238 g/mol. The molecule has 2 rings (SSSR count). The Labute approximate surface area is 116 Å². The molecule has 0 radical (unpaired) electrons. The predicted octanol–water partition coefficient (Wildman–Crippen LogP) is 3.09. The largest absolute Gasteiger partial charge is 0.488 e. The van der Waals surface area contributed by atoms with Gasteiger partial charge in [-0.05, 0) is 56.0 Å². The highest BCUT2D eigenvalue weighted by molar-refractivity contribution is 5.39. The van der Waals surface area contributed by atoms with Crippen LogP contribution in [0, 0.1) is 0 Å². The third-order valence-corrected chi connectivity index (χ3v) is 3.62. The Morgan fingerprint density at radius 2 is 2.26 bits per heavy atom. The SMILES string of the molecule is CCNC1CCCc2cc(OC(C)COC)ccc21. The summed E-state index contributed by atoms with van der Waals surface area (Å²) < 4.78 is 11.0. The maximum absolute atomic E-state index is 5.87. The molecule has 0 bridgehead atoms. The molecule has 0 spiro atoms. The number of fused-ring (bicyclic) bond motifs is 1. The van der Waals surface area contributed by atoms with E-state index in [1.54, 1.807) is 7.11 Å². The number of methoxy groups -OCH3 is 1. The Hall–Kier alpha value is -1.06. The van der Waals surface area contributed by atoms with Crippen LogP contribution in [0.3, 0.4) is 0 Å². The molecule has 0 aromatic heterocycles. The lowest BCUT2D eigenvalue weighted by Gasteiger charge is -2.27. The van der Waals surface area contributed by atoms with Gasteiger partial charge in [0.05, 0.1) is 6.61 Å². The number of hydrogen-bond acceptors (Lipinski definition) is 3. The highest BCUT2D eigenvalue weighted by atomic mass is 16.5. The molecule has 1 aromatic carbocycles. The first-order valence-corrected chi connectivity index (χ1v) is 7.26. The zero-order valence-electron chi connectivity index (χ0n) is 12.2. The van der Waals surface area contributed by atoms with Crippen molar-refractivity contribution in [3.05, 3.63) is 29.3 Å². The van der Waals surface area contributed by atoms with E-state index in [0.29, 0.717) is 12.6 Å². The van der Waals surface area contributed by atoms with Crippen molar-refractivity contribution in [3.63, 3.8) is 0 Å². The second kappa shape index (κ2) is 6.92. The summed E-state index contributed by atoms with van der Waals surface area (Å²) in [5, 5.41) is 3.56. The molecule has 1 aliphatic carbocycles. The van der Waals surface area contributed by atoms with E-state index in [2.05, 4.69) is 30.4 Å². The normalized spacial score (nSPS) is 19.8. The molecule has 19 heavy (non-hydrogen) atoms. The summed E-state index contributed by atoms with van der Waals surface area (Å²) in [7, 11) is 1.70. The van der Waals surface area contributed by atoms with Gasteiger partial charge in [-0.3, -0.25) is 0 Å². The number of ether oxygens (including phenoxy) is 2. The number of benzene rings is 1. The van der Waals surface area contributed by atoms with Crippen LogP contribution in [0.2, 0.25) is 0 Å². The summed E-state index contributed by atoms with van der Waals surface area (Å²) in [5.74, 6) is 0.959. The fourth-order valence-corrected chi connectivity index (χ4v) is 2.82. The zero-order chi connectivity index (χ0) is 13.7. The smallest absolute Gasteiger partial charge is 0.120 e. The zero-order valence-corrected chi connectivity index (χ0v) is 12.2. The minimum absolute atomic E-state index is 0.0937. The van der Waals surface area contributed by atoms with Crippen molar-refractivity contribution in [2.75, 3.05) is 20.3 Å². The summed E-state index contributed by atoms with van der Waals surface area (Å²) in [4.78, 5) is 0. The first kappa shape index (κ1) is 14.4. The monoisotopic (exact) mass is 263 g/mol. The fraction of sp³-hybridized carbons (Fsp3) is 0.625. The van der Waals surface area contributed by atoms with Crippen molar-refractivity contribution in [2.45, 2.75) is 45.3 Å². The van der Waals surface area contributed by atoms with Crippen molar-refractivity contribution in [1.82, 2.24) is 5.32 Å². The maximum Gasteiger partial charge on any atom is 0.120 e. The van der Waals surface area contributed by atoms with Crippen molar-refractivity contribution in [3.8, 4) is 5.75 Å². The standard InChI is InChI=1S/C16H25NO2/c1-4-17-16-7-5-6-13-10-14(8-9-15(13)16)19-12(2)11-18-3/h8-10,12,16-17H,4-7,11H2,1-3H3. The van der Waals surface area contributed by atoms with E-state index in [9.17, 15) is 0 Å². The molecule has 1 aromatic rings. The molecule has 3 heteroatoms. The number of hydrogen-bond donors (Lipinski definition) is 1. The topological polar surface area (TPSA) is 30.5 Å². The molecular formula is C16H25NO2. The van der Waals surface area contributed by atoms with Crippen LogP contribution in [0.4, 0.5) is 0 Å². The first-order chi connectivity index (χ1) is 9.24. The maximum atomic E-state index is 5.87. The van der Waals surface area contributed by atoms with Crippen LogP contribution >= 0.6 is 0 Å². The minimum Gasteiger partial charge on any atom is -0.488 e. The van der Waals surface area contributed by atoms with Gasteiger partial charge < -0.3 is 14.8 Å². The fourth-order valence-electron chi connectivity index (χ4n) is 2.82. The molecule has 0 saturated carbocycles. The van der Waals surface area contributed by atoms with E-state index in [-0.39, 0.29) is 6.10 Å². The molecule has 0 saturated heterocycles. The molecule has 2 unspecified atom stereocenters. The molecule has 3 nitrogen and oxygen atoms in total. The van der Waals surface area contributed by atoms with Crippen LogP contribution in [0.5, 0.6) is 5.75 Å². The molecule has 106 valence electrons.